The Morgan fingerprint density at radius 1 is 1.73 bits per heavy atom. The van der Waals surface area contributed by atoms with Crippen LogP contribution in [0.25, 0.3) is 0 Å². The van der Waals surface area contributed by atoms with Crippen molar-refractivity contribution >= 4 is 0 Å². The fraction of sp³-hybridized carbons (Fsp3) is 0.625. The first kappa shape index (κ1) is 10.2. The van der Waals surface area contributed by atoms with Gasteiger partial charge >= 0.3 is 0 Å². The lowest BCUT2D eigenvalue weighted by Crippen LogP contribution is -2.17. The molecule has 0 saturated carbocycles. The third-order valence-corrected chi connectivity index (χ3v) is 1.23. The highest BCUT2D eigenvalue weighted by molar-refractivity contribution is 5.22. The molecule has 0 fully saturated rings. The molecule has 0 N–H and O–H groups in total. The van der Waals surface area contributed by atoms with Crippen molar-refractivity contribution in [3.63, 3.8) is 0 Å². The maximum atomic E-state index is 8.58. The standard InChI is InChI=1S/C8H13NO2/c1-4-7(6-9)8(10-3)11-5-2/h4,8H,5H2,1-3H3/b7-4-. The Bertz CT molecular complexity index is 169. The number of ether oxygens (including phenoxy) is 2. The van der Waals surface area contributed by atoms with E-state index < -0.39 is 6.29 Å². The molecule has 0 amide bonds. The van der Waals surface area contributed by atoms with Gasteiger partial charge in [-0.05, 0) is 13.8 Å². The molecule has 62 valence electrons. The highest BCUT2D eigenvalue weighted by atomic mass is 16.7. The van der Waals surface area contributed by atoms with Crippen molar-refractivity contribution in [1.29, 1.82) is 5.26 Å². The summed E-state index contributed by atoms with van der Waals surface area (Å²) in [4.78, 5) is 0. The number of rotatable bonds is 4. The van der Waals surface area contributed by atoms with Crippen LogP contribution in [0, 0.1) is 11.3 Å². The summed E-state index contributed by atoms with van der Waals surface area (Å²) in [6.45, 7) is 4.18. The van der Waals surface area contributed by atoms with Crippen molar-refractivity contribution in [3.8, 4) is 6.07 Å². The Kier molecular flexibility index (Phi) is 5.44. The summed E-state index contributed by atoms with van der Waals surface area (Å²) in [6, 6.07) is 2.00. The van der Waals surface area contributed by atoms with Gasteiger partial charge in [-0.15, -0.1) is 0 Å². The van der Waals surface area contributed by atoms with Crippen LogP contribution < -0.4 is 0 Å². The molecule has 0 saturated heterocycles. The minimum Gasteiger partial charge on any atom is -0.351 e. The zero-order valence-corrected chi connectivity index (χ0v) is 7.13. The number of methoxy groups -OCH3 is 1. The van der Waals surface area contributed by atoms with Crippen LogP contribution in [0.1, 0.15) is 13.8 Å². The van der Waals surface area contributed by atoms with Gasteiger partial charge < -0.3 is 9.47 Å². The van der Waals surface area contributed by atoms with E-state index in [4.69, 9.17) is 14.7 Å². The molecule has 0 aromatic carbocycles. The van der Waals surface area contributed by atoms with Crippen LogP contribution in [0.4, 0.5) is 0 Å². The van der Waals surface area contributed by atoms with Crippen molar-refractivity contribution in [2.24, 2.45) is 0 Å². The number of allylic oxidation sites excluding steroid dienone is 1. The third kappa shape index (κ3) is 3.17. The van der Waals surface area contributed by atoms with Crippen LogP contribution in [0.2, 0.25) is 0 Å². The molecule has 0 aliphatic carbocycles. The second-order valence-electron chi connectivity index (χ2n) is 1.88. The minimum atomic E-state index is -0.505. The summed E-state index contributed by atoms with van der Waals surface area (Å²) >= 11 is 0. The number of hydrogen-bond acceptors (Lipinski definition) is 3. The predicted octanol–water partition coefficient (Wildman–Crippen LogP) is 1.47. The van der Waals surface area contributed by atoms with Gasteiger partial charge in [0.25, 0.3) is 0 Å². The zero-order valence-electron chi connectivity index (χ0n) is 7.13. The van der Waals surface area contributed by atoms with Gasteiger partial charge in [-0.25, -0.2) is 0 Å². The molecule has 0 radical (unpaired) electrons. The first-order valence-electron chi connectivity index (χ1n) is 3.50. The second-order valence-corrected chi connectivity index (χ2v) is 1.88. The van der Waals surface area contributed by atoms with E-state index in [2.05, 4.69) is 0 Å². The van der Waals surface area contributed by atoms with Crippen LogP contribution in [0.15, 0.2) is 11.6 Å². The molecule has 0 aromatic rings. The summed E-state index contributed by atoms with van der Waals surface area (Å²) in [5.74, 6) is 0. The molecule has 0 heterocycles. The number of nitrogens with zero attached hydrogens (tertiary/aromatic N) is 1. The summed E-state index contributed by atoms with van der Waals surface area (Å²) in [5.41, 5.74) is 0.509. The molecule has 3 heteroatoms. The predicted molar refractivity (Wildman–Crippen MR) is 41.8 cm³/mol. The topological polar surface area (TPSA) is 42.2 Å². The molecule has 0 aliphatic heterocycles. The van der Waals surface area contributed by atoms with E-state index in [1.54, 1.807) is 13.0 Å². The minimum absolute atomic E-state index is 0.505. The maximum Gasteiger partial charge on any atom is 0.193 e. The van der Waals surface area contributed by atoms with Crippen molar-refractivity contribution in [2.75, 3.05) is 13.7 Å². The molecule has 0 aromatic heterocycles. The van der Waals surface area contributed by atoms with Gasteiger partial charge in [0.1, 0.15) is 0 Å². The molecule has 1 unspecified atom stereocenters. The van der Waals surface area contributed by atoms with E-state index in [1.807, 2.05) is 13.0 Å². The van der Waals surface area contributed by atoms with E-state index in [0.717, 1.165) is 0 Å². The molecule has 0 rings (SSSR count). The molecule has 0 bridgehead atoms. The zero-order chi connectivity index (χ0) is 8.69. The van der Waals surface area contributed by atoms with Gasteiger partial charge in [-0.3, -0.25) is 0 Å². The summed E-state index contributed by atoms with van der Waals surface area (Å²) < 4.78 is 10.0. The van der Waals surface area contributed by atoms with E-state index >= 15 is 0 Å². The third-order valence-electron chi connectivity index (χ3n) is 1.23. The lowest BCUT2D eigenvalue weighted by Gasteiger charge is -2.12. The van der Waals surface area contributed by atoms with Crippen LogP contribution in [-0.2, 0) is 9.47 Å². The molecule has 0 spiro atoms. The molecular formula is C8H13NO2. The van der Waals surface area contributed by atoms with Gasteiger partial charge in [-0.1, -0.05) is 6.08 Å². The van der Waals surface area contributed by atoms with Gasteiger partial charge in [0, 0.05) is 13.7 Å². The van der Waals surface area contributed by atoms with Gasteiger partial charge in [0.2, 0.25) is 0 Å². The van der Waals surface area contributed by atoms with Crippen LogP contribution in [0.3, 0.4) is 0 Å². The Balaban J connectivity index is 4.13. The first-order valence-corrected chi connectivity index (χ1v) is 3.50. The molecule has 3 nitrogen and oxygen atoms in total. The highest BCUT2D eigenvalue weighted by Gasteiger charge is 2.10. The Labute approximate surface area is 67.2 Å². The lowest BCUT2D eigenvalue weighted by atomic mass is 10.3. The van der Waals surface area contributed by atoms with Crippen LogP contribution in [0.5, 0.6) is 0 Å². The van der Waals surface area contributed by atoms with Gasteiger partial charge in [0.05, 0.1) is 11.6 Å². The maximum absolute atomic E-state index is 8.58. The van der Waals surface area contributed by atoms with E-state index in [0.29, 0.717) is 12.2 Å². The molecule has 11 heavy (non-hydrogen) atoms. The molecule has 1 atom stereocenters. The van der Waals surface area contributed by atoms with Crippen LogP contribution in [-0.4, -0.2) is 20.0 Å². The summed E-state index contributed by atoms with van der Waals surface area (Å²) in [6.07, 6.45) is 1.18. The average Bonchev–Trinajstić information content (AvgIpc) is 2.05. The fourth-order valence-electron chi connectivity index (χ4n) is 0.689. The summed E-state index contributed by atoms with van der Waals surface area (Å²) in [5, 5.41) is 8.58. The van der Waals surface area contributed by atoms with Crippen molar-refractivity contribution in [3.05, 3.63) is 11.6 Å². The Morgan fingerprint density at radius 2 is 2.36 bits per heavy atom. The molecular weight excluding hydrogens is 142 g/mol. The Morgan fingerprint density at radius 3 is 2.64 bits per heavy atom. The van der Waals surface area contributed by atoms with E-state index in [9.17, 15) is 0 Å². The van der Waals surface area contributed by atoms with Crippen molar-refractivity contribution in [2.45, 2.75) is 20.1 Å². The summed E-state index contributed by atoms with van der Waals surface area (Å²) in [7, 11) is 1.52. The average molecular weight is 155 g/mol. The SMILES string of the molecule is C/C=C(/C#N)C(OC)OCC. The van der Waals surface area contributed by atoms with Crippen molar-refractivity contribution < 1.29 is 9.47 Å². The van der Waals surface area contributed by atoms with Gasteiger partial charge in [0.15, 0.2) is 6.29 Å². The molecule has 0 aliphatic rings. The normalized spacial score (nSPS) is 14.2. The number of hydrogen-bond donors (Lipinski definition) is 0. The largest absolute Gasteiger partial charge is 0.351 e. The highest BCUT2D eigenvalue weighted by Crippen LogP contribution is 2.05. The fourth-order valence-corrected chi connectivity index (χ4v) is 0.689. The smallest absolute Gasteiger partial charge is 0.193 e. The number of nitriles is 1. The van der Waals surface area contributed by atoms with Crippen LogP contribution >= 0.6 is 0 Å². The van der Waals surface area contributed by atoms with E-state index in [-0.39, 0.29) is 0 Å². The second kappa shape index (κ2) is 5.90. The van der Waals surface area contributed by atoms with E-state index in [1.165, 1.54) is 7.11 Å². The first-order chi connectivity index (χ1) is 5.29. The Hall–Kier alpha value is -0.850. The monoisotopic (exact) mass is 155 g/mol. The van der Waals surface area contributed by atoms with Gasteiger partial charge in [-0.2, -0.15) is 5.26 Å². The van der Waals surface area contributed by atoms with Crippen molar-refractivity contribution in [1.82, 2.24) is 0 Å². The lowest BCUT2D eigenvalue weighted by molar-refractivity contribution is -0.0911. The quantitative estimate of drug-likeness (QED) is 0.456.